The molecule has 2 bridgehead atoms. The van der Waals surface area contributed by atoms with Crippen molar-refractivity contribution in [1.29, 1.82) is 0 Å². The van der Waals surface area contributed by atoms with E-state index in [1.165, 1.54) is 0 Å². The number of ketones is 2. The second-order valence-electron chi connectivity index (χ2n) is 4.92. The lowest BCUT2D eigenvalue weighted by atomic mass is 9.70. The molecule has 0 unspecified atom stereocenters. The molecule has 2 nitrogen and oxygen atoms in total. The lowest BCUT2D eigenvalue weighted by Gasteiger charge is -2.34. The monoisotopic (exact) mass is 244 g/mol. The minimum Gasteiger partial charge on any atom is -0.290 e. The molecule has 0 radical (unpaired) electrons. The van der Waals surface area contributed by atoms with E-state index in [2.05, 4.69) is 15.9 Å². The quantitative estimate of drug-likeness (QED) is 0.483. The molecule has 0 heterocycles. The zero-order chi connectivity index (χ0) is 10.1. The Morgan fingerprint density at radius 3 is 1.85 bits per heavy atom. The van der Waals surface area contributed by atoms with Gasteiger partial charge in [-0.05, 0) is 12.8 Å². The smallest absolute Gasteiger partial charge is 0.216 e. The van der Waals surface area contributed by atoms with Crippen molar-refractivity contribution in [3.63, 3.8) is 0 Å². The average Bonchev–Trinajstić information content (AvgIpc) is 2.28. The second-order valence-corrected chi connectivity index (χ2v) is 6.27. The molecule has 2 aliphatic carbocycles. The van der Waals surface area contributed by atoms with Gasteiger partial charge in [0.05, 0.1) is 4.32 Å². The van der Waals surface area contributed by atoms with Crippen molar-refractivity contribution in [2.24, 2.45) is 10.8 Å². The maximum absolute atomic E-state index is 11.7. The van der Waals surface area contributed by atoms with Crippen LogP contribution in [-0.4, -0.2) is 15.9 Å². The van der Waals surface area contributed by atoms with Crippen molar-refractivity contribution in [3.8, 4) is 0 Å². The molecule has 0 saturated heterocycles. The number of Topliss-reactive ketones (excluding diaryl/α,β-unsaturated/α-hetero) is 2. The molecule has 0 aromatic carbocycles. The van der Waals surface area contributed by atoms with Gasteiger partial charge in [0, 0.05) is 10.8 Å². The first kappa shape index (κ1) is 9.38. The van der Waals surface area contributed by atoms with E-state index < -0.39 is 9.74 Å². The highest BCUT2D eigenvalue weighted by Gasteiger charge is 2.74. The minimum atomic E-state index is -0.578. The van der Waals surface area contributed by atoms with Gasteiger partial charge in [-0.15, -0.1) is 0 Å². The van der Waals surface area contributed by atoms with Crippen molar-refractivity contribution in [2.75, 3.05) is 0 Å². The largest absolute Gasteiger partial charge is 0.290 e. The topological polar surface area (TPSA) is 34.1 Å². The predicted octanol–water partition coefficient (Wildman–Crippen LogP) is 2.10. The van der Waals surface area contributed by atoms with Crippen LogP contribution in [0, 0.1) is 10.8 Å². The molecule has 0 aromatic heterocycles. The number of halogens is 1. The van der Waals surface area contributed by atoms with Gasteiger partial charge >= 0.3 is 0 Å². The Labute approximate surface area is 86.2 Å². The fraction of sp³-hybridized carbons (Fsp3) is 0.800. The summed E-state index contributed by atoms with van der Waals surface area (Å²) in [5, 5.41) is 0. The Hall–Kier alpha value is -0.180. The van der Waals surface area contributed by atoms with Crippen LogP contribution in [0.4, 0.5) is 0 Å². The van der Waals surface area contributed by atoms with Gasteiger partial charge in [-0.3, -0.25) is 9.59 Å². The Kier molecular flexibility index (Phi) is 1.50. The zero-order valence-corrected chi connectivity index (χ0v) is 9.69. The molecule has 2 fully saturated rings. The molecule has 2 saturated carbocycles. The first-order valence-corrected chi connectivity index (χ1v) is 5.35. The summed E-state index contributed by atoms with van der Waals surface area (Å²) >= 11 is 3.48. The molecular formula is C10H13BrO2. The summed E-state index contributed by atoms with van der Waals surface area (Å²) in [5.41, 5.74) is -0.679. The van der Waals surface area contributed by atoms with Gasteiger partial charge in [0.25, 0.3) is 0 Å². The van der Waals surface area contributed by atoms with E-state index in [4.69, 9.17) is 0 Å². The Morgan fingerprint density at radius 1 is 1.08 bits per heavy atom. The van der Waals surface area contributed by atoms with Gasteiger partial charge in [-0.25, -0.2) is 0 Å². The highest BCUT2D eigenvalue weighted by atomic mass is 79.9. The highest BCUT2D eigenvalue weighted by molar-refractivity contribution is 9.10. The van der Waals surface area contributed by atoms with Crippen LogP contribution in [0.3, 0.4) is 0 Å². The van der Waals surface area contributed by atoms with Gasteiger partial charge in [0.2, 0.25) is 11.6 Å². The molecule has 0 aliphatic heterocycles. The molecule has 2 rings (SSSR count). The van der Waals surface area contributed by atoms with Gasteiger partial charge in [-0.1, -0.05) is 36.7 Å². The van der Waals surface area contributed by atoms with Crippen molar-refractivity contribution < 1.29 is 9.59 Å². The normalized spacial score (nSPS) is 47.4. The molecule has 2 atom stereocenters. The lowest BCUT2D eigenvalue weighted by Crippen LogP contribution is -2.38. The van der Waals surface area contributed by atoms with Crippen molar-refractivity contribution in [2.45, 2.75) is 37.9 Å². The van der Waals surface area contributed by atoms with Gasteiger partial charge in [0.1, 0.15) is 0 Å². The maximum atomic E-state index is 11.7. The number of carbonyl (C=O) groups excluding carboxylic acids is 2. The molecule has 3 heteroatoms. The molecule has 72 valence electrons. The summed E-state index contributed by atoms with van der Waals surface area (Å²) in [6, 6.07) is 0. The highest BCUT2D eigenvalue weighted by Crippen LogP contribution is 2.67. The van der Waals surface area contributed by atoms with Gasteiger partial charge < -0.3 is 0 Å². The third-order valence-electron chi connectivity index (χ3n) is 4.41. The molecule has 2 aliphatic rings. The maximum Gasteiger partial charge on any atom is 0.216 e. The molecule has 0 spiro atoms. The van der Waals surface area contributed by atoms with E-state index in [1.807, 2.05) is 20.8 Å². The van der Waals surface area contributed by atoms with Crippen LogP contribution in [0.1, 0.15) is 33.6 Å². The summed E-state index contributed by atoms with van der Waals surface area (Å²) < 4.78 is -0.578. The van der Waals surface area contributed by atoms with E-state index in [1.54, 1.807) is 0 Å². The number of fused-ring (bicyclic) bond motifs is 2. The Balaban J connectivity index is 2.68. The number of hydrogen-bond donors (Lipinski definition) is 0. The molecule has 0 amide bonds. The van der Waals surface area contributed by atoms with Crippen LogP contribution in [0.2, 0.25) is 0 Å². The third-order valence-corrected chi connectivity index (χ3v) is 6.15. The number of rotatable bonds is 0. The minimum absolute atomic E-state index is 0.180. The van der Waals surface area contributed by atoms with E-state index in [0.717, 1.165) is 12.8 Å². The summed E-state index contributed by atoms with van der Waals surface area (Å²) in [4.78, 5) is 23.4. The zero-order valence-electron chi connectivity index (χ0n) is 8.11. The number of carbonyl (C=O) groups is 2. The summed E-state index contributed by atoms with van der Waals surface area (Å²) in [7, 11) is 0. The number of alkyl halides is 1. The summed E-state index contributed by atoms with van der Waals surface area (Å²) in [6.07, 6.45) is 1.62. The molecule has 0 aromatic rings. The fourth-order valence-corrected chi connectivity index (χ4v) is 3.53. The van der Waals surface area contributed by atoms with Crippen LogP contribution in [0.5, 0.6) is 0 Å². The first-order chi connectivity index (χ1) is 5.77. The lowest BCUT2D eigenvalue weighted by molar-refractivity contribution is -0.140. The van der Waals surface area contributed by atoms with Crippen LogP contribution >= 0.6 is 15.9 Å². The van der Waals surface area contributed by atoms with Crippen molar-refractivity contribution in [3.05, 3.63) is 0 Å². The Morgan fingerprint density at radius 2 is 1.62 bits per heavy atom. The molecular weight excluding hydrogens is 232 g/mol. The van der Waals surface area contributed by atoms with E-state index in [-0.39, 0.29) is 17.0 Å². The van der Waals surface area contributed by atoms with Crippen LogP contribution in [0.15, 0.2) is 0 Å². The van der Waals surface area contributed by atoms with Crippen molar-refractivity contribution >= 4 is 27.5 Å². The molecule has 0 N–H and O–H groups in total. The van der Waals surface area contributed by atoms with E-state index in [9.17, 15) is 9.59 Å². The molecule has 13 heavy (non-hydrogen) atoms. The van der Waals surface area contributed by atoms with E-state index >= 15 is 0 Å². The predicted molar refractivity (Wildman–Crippen MR) is 52.8 cm³/mol. The Bertz CT molecular complexity index is 291. The third kappa shape index (κ3) is 0.684. The summed E-state index contributed by atoms with van der Waals surface area (Å²) in [5.74, 6) is -0.396. The van der Waals surface area contributed by atoms with Gasteiger partial charge in [-0.2, -0.15) is 0 Å². The average molecular weight is 245 g/mol. The van der Waals surface area contributed by atoms with Gasteiger partial charge in [0.15, 0.2) is 0 Å². The summed E-state index contributed by atoms with van der Waals surface area (Å²) in [6.45, 7) is 5.94. The first-order valence-electron chi connectivity index (χ1n) is 4.55. The van der Waals surface area contributed by atoms with Crippen LogP contribution < -0.4 is 0 Å². The van der Waals surface area contributed by atoms with E-state index in [0.29, 0.717) is 0 Å². The second kappa shape index (κ2) is 2.08. The SMILES string of the molecule is CC1(C)[C@@]2(C)CC[C@@]1(Br)C(=O)C2=O. The van der Waals surface area contributed by atoms with Crippen LogP contribution in [0.25, 0.3) is 0 Å². The number of hydrogen-bond acceptors (Lipinski definition) is 2. The van der Waals surface area contributed by atoms with Crippen LogP contribution in [-0.2, 0) is 9.59 Å². The standard InChI is InChI=1S/C10H13BrO2/c1-8(2)9(3)4-5-10(8,11)7(13)6(9)12/h4-5H2,1-3H3/t9-,10+/m0/s1. The fourth-order valence-electron chi connectivity index (χ4n) is 2.71. The van der Waals surface area contributed by atoms with Crippen molar-refractivity contribution in [1.82, 2.24) is 0 Å².